The van der Waals surface area contributed by atoms with Crippen molar-refractivity contribution in [3.8, 4) is 0 Å². The summed E-state index contributed by atoms with van der Waals surface area (Å²) in [5, 5.41) is 0. The molecule has 2 N–H and O–H groups in total. The molecule has 1 aliphatic heterocycles. The molecular weight excluding hydrogens is 252 g/mol. The van der Waals surface area contributed by atoms with Crippen molar-refractivity contribution in [2.75, 3.05) is 30.8 Å². The quantitative estimate of drug-likeness (QED) is 0.916. The number of hydrogen-bond acceptors (Lipinski definition) is 5. The Morgan fingerprint density at radius 2 is 2.00 bits per heavy atom. The number of hydrogen-bond donors (Lipinski definition) is 1. The molecule has 2 atom stereocenters. The number of rotatable bonds is 3. The number of anilines is 2. The van der Waals surface area contributed by atoms with Crippen LogP contribution in [0.25, 0.3) is 0 Å². The van der Waals surface area contributed by atoms with Crippen LogP contribution in [0.1, 0.15) is 43.5 Å². The molecule has 5 nitrogen and oxygen atoms in total. The maximum atomic E-state index is 6.08. The molecule has 110 valence electrons. The van der Waals surface area contributed by atoms with Gasteiger partial charge >= 0.3 is 0 Å². The highest BCUT2D eigenvalue weighted by Crippen LogP contribution is 2.40. The molecule has 2 unspecified atom stereocenters. The maximum absolute atomic E-state index is 6.08. The molecule has 1 aromatic rings. The van der Waals surface area contributed by atoms with Crippen molar-refractivity contribution in [1.29, 1.82) is 0 Å². The lowest BCUT2D eigenvalue weighted by atomic mass is 9.95. The van der Waals surface area contributed by atoms with Crippen molar-refractivity contribution in [3.63, 3.8) is 0 Å². The number of piperidine rings is 1. The summed E-state index contributed by atoms with van der Waals surface area (Å²) in [4.78, 5) is 11.6. The maximum Gasteiger partial charge on any atom is 0.137 e. The lowest BCUT2D eigenvalue weighted by Crippen LogP contribution is -2.44. The third-order valence-corrected chi connectivity index (χ3v) is 4.61. The van der Waals surface area contributed by atoms with E-state index in [0.29, 0.717) is 17.7 Å². The second-order valence-corrected chi connectivity index (χ2v) is 6.18. The number of methoxy groups -OCH3 is 1. The van der Waals surface area contributed by atoms with Gasteiger partial charge in [-0.3, -0.25) is 0 Å². The normalized spacial score (nSPS) is 26.9. The second kappa shape index (κ2) is 5.20. The van der Waals surface area contributed by atoms with Gasteiger partial charge in [0.25, 0.3) is 0 Å². The van der Waals surface area contributed by atoms with E-state index in [2.05, 4.69) is 16.8 Å². The van der Waals surface area contributed by atoms with E-state index in [1.165, 1.54) is 12.8 Å². The van der Waals surface area contributed by atoms with Crippen LogP contribution in [-0.4, -0.2) is 36.3 Å². The monoisotopic (exact) mass is 276 g/mol. The molecule has 2 heterocycles. The Morgan fingerprint density at radius 3 is 2.65 bits per heavy atom. The van der Waals surface area contributed by atoms with E-state index in [1.54, 1.807) is 7.11 Å². The molecule has 0 radical (unpaired) electrons. The Hall–Kier alpha value is -1.36. The van der Waals surface area contributed by atoms with E-state index in [0.717, 1.165) is 36.7 Å². The molecule has 1 aromatic heterocycles. The predicted octanol–water partition coefficient (Wildman–Crippen LogP) is 2.11. The molecular formula is C15H24N4O. The van der Waals surface area contributed by atoms with Crippen molar-refractivity contribution in [2.24, 2.45) is 5.92 Å². The van der Waals surface area contributed by atoms with Gasteiger partial charge in [-0.05, 0) is 32.1 Å². The summed E-state index contributed by atoms with van der Waals surface area (Å²) in [5.74, 6) is 3.69. The van der Waals surface area contributed by atoms with Crippen LogP contribution < -0.4 is 10.6 Å². The van der Waals surface area contributed by atoms with Gasteiger partial charge in [-0.15, -0.1) is 0 Å². The van der Waals surface area contributed by atoms with Crippen molar-refractivity contribution < 1.29 is 4.74 Å². The second-order valence-electron chi connectivity index (χ2n) is 6.18. The zero-order valence-corrected chi connectivity index (χ0v) is 12.6. The molecule has 3 rings (SSSR count). The summed E-state index contributed by atoms with van der Waals surface area (Å²) in [6, 6.07) is 0. The third kappa shape index (κ3) is 2.46. The van der Waals surface area contributed by atoms with Crippen LogP contribution in [-0.2, 0) is 4.74 Å². The highest BCUT2D eigenvalue weighted by atomic mass is 16.5. The highest BCUT2D eigenvalue weighted by Gasteiger charge is 2.31. The number of aromatic nitrogens is 2. The number of ether oxygens (including phenoxy) is 1. The molecule has 5 heteroatoms. The Labute approximate surface area is 120 Å². The van der Waals surface area contributed by atoms with E-state index < -0.39 is 0 Å². The van der Waals surface area contributed by atoms with Crippen molar-refractivity contribution >= 4 is 11.6 Å². The standard InChI is InChI=1S/C15H24N4O/c1-9-6-7-19(8-12(9)20-3)15-10(2)13(16)17-14(18-15)11-4-5-11/h9,11-12H,4-8H2,1-3H3,(H2,16,17,18). The number of nitrogen functional groups attached to an aromatic ring is 1. The molecule has 1 aliphatic carbocycles. The van der Waals surface area contributed by atoms with E-state index in [9.17, 15) is 0 Å². The number of nitrogens with two attached hydrogens (primary N) is 1. The molecule has 0 aromatic carbocycles. The molecule has 0 amide bonds. The van der Waals surface area contributed by atoms with Crippen LogP contribution in [0, 0.1) is 12.8 Å². The average molecular weight is 276 g/mol. The molecule has 0 bridgehead atoms. The smallest absolute Gasteiger partial charge is 0.137 e. The SMILES string of the molecule is COC1CN(c2nc(C3CC3)nc(N)c2C)CCC1C. The third-order valence-electron chi connectivity index (χ3n) is 4.61. The van der Waals surface area contributed by atoms with E-state index in [4.69, 9.17) is 15.5 Å². The minimum Gasteiger partial charge on any atom is -0.383 e. The van der Waals surface area contributed by atoms with Gasteiger partial charge in [0.05, 0.1) is 6.10 Å². The molecule has 1 saturated carbocycles. The van der Waals surface area contributed by atoms with Crippen molar-refractivity contribution in [3.05, 3.63) is 11.4 Å². The van der Waals surface area contributed by atoms with Crippen LogP contribution in [0.5, 0.6) is 0 Å². The van der Waals surface area contributed by atoms with E-state index in [1.807, 2.05) is 6.92 Å². The van der Waals surface area contributed by atoms with Gasteiger partial charge in [-0.25, -0.2) is 9.97 Å². The molecule has 2 fully saturated rings. The Morgan fingerprint density at radius 1 is 1.25 bits per heavy atom. The Bertz CT molecular complexity index is 501. The number of nitrogens with zero attached hydrogens (tertiary/aromatic N) is 3. The Balaban J connectivity index is 1.89. The van der Waals surface area contributed by atoms with E-state index in [-0.39, 0.29) is 6.10 Å². The zero-order valence-electron chi connectivity index (χ0n) is 12.6. The van der Waals surface area contributed by atoms with E-state index >= 15 is 0 Å². The minimum atomic E-state index is 0.267. The van der Waals surface area contributed by atoms with Crippen LogP contribution in [0.3, 0.4) is 0 Å². The average Bonchev–Trinajstić information content (AvgIpc) is 3.27. The first-order valence-electron chi connectivity index (χ1n) is 7.52. The molecule has 2 aliphatic rings. The van der Waals surface area contributed by atoms with Gasteiger partial charge in [0.1, 0.15) is 17.5 Å². The predicted molar refractivity (Wildman–Crippen MR) is 79.9 cm³/mol. The first-order chi connectivity index (χ1) is 9.60. The summed E-state index contributed by atoms with van der Waals surface area (Å²) in [6.45, 7) is 6.17. The molecule has 0 spiro atoms. The van der Waals surface area contributed by atoms with Crippen LogP contribution in [0.4, 0.5) is 11.6 Å². The van der Waals surface area contributed by atoms with Gasteiger partial charge in [0.15, 0.2) is 0 Å². The minimum absolute atomic E-state index is 0.267. The van der Waals surface area contributed by atoms with Gasteiger partial charge in [0.2, 0.25) is 0 Å². The lowest BCUT2D eigenvalue weighted by Gasteiger charge is -2.37. The summed E-state index contributed by atoms with van der Waals surface area (Å²) >= 11 is 0. The van der Waals surface area contributed by atoms with Crippen LogP contribution in [0.15, 0.2) is 0 Å². The van der Waals surface area contributed by atoms with Gasteiger partial charge in [-0.2, -0.15) is 0 Å². The van der Waals surface area contributed by atoms with Crippen molar-refractivity contribution in [1.82, 2.24) is 9.97 Å². The van der Waals surface area contributed by atoms with Crippen LogP contribution >= 0.6 is 0 Å². The highest BCUT2D eigenvalue weighted by molar-refractivity contribution is 5.57. The molecule has 20 heavy (non-hydrogen) atoms. The fourth-order valence-corrected chi connectivity index (χ4v) is 2.90. The topological polar surface area (TPSA) is 64.3 Å². The molecule has 1 saturated heterocycles. The fourth-order valence-electron chi connectivity index (χ4n) is 2.90. The summed E-state index contributed by atoms with van der Waals surface area (Å²) in [7, 11) is 1.79. The van der Waals surface area contributed by atoms with Gasteiger partial charge in [0, 0.05) is 31.7 Å². The van der Waals surface area contributed by atoms with Crippen molar-refractivity contribution in [2.45, 2.75) is 45.1 Å². The zero-order chi connectivity index (χ0) is 14.3. The first-order valence-corrected chi connectivity index (χ1v) is 7.52. The summed E-state index contributed by atoms with van der Waals surface area (Å²) in [6.07, 6.45) is 3.78. The summed E-state index contributed by atoms with van der Waals surface area (Å²) < 4.78 is 5.60. The first kappa shape index (κ1) is 13.6. The largest absolute Gasteiger partial charge is 0.383 e. The lowest BCUT2D eigenvalue weighted by molar-refractivity contribution is 0.0496. The van der Waals surface area contributed by atoms with Gasteiger partial charge < -0.3 is 15.4 Å². The van der Waals surface area contributed by atoms with Crippen LogP contribution in [0.2, 0.25) is 0 Å². The summed E-state index contributed by atoms with van der Waals surface area (Å²) in [5.41, 5.74) is 7.08. The Kier molecular flexibility index (Phi) is 3.54. The van der Waals surface area contributed by atoms with Gasteiger partial charge in [-0.1, -0.05) is 6.92 Å². The fraction of sp³-hybridized carbons (Fsp3) is 0.733.